The molecule has 0 bridgehead atoms. The van der Waals surface area contributed by atoms with Gasteiger partial charge in [0.05, 0.1) is 18.6 Å². The van der Waals surface area contributed by atoms with Crippen LogP contribution in [0.1, 0.15) is 36.9 Å². The van der Waals surface area contributed by atoms with Gasteiger partial charge in [0.1, 0.15) is 6.23 Å². The first-order valence-electron chi connectivity index (χ1n) is 12.3. The molecule has 6 heteroatoms. The Balaban J connectivity index is 1.36. The number of rotatable bonds is 7. The summed E-state index contributed by atoms with van der Waals surface area (Å²) < 4.78 is 0. The number of aromatic amines is 1. The summed E-state index contributed by atoms with van der Waals surface area (Å²) in [5, 5.41) is 11.1. The Bertz CT molecular complexity index is 1000. The highest BCUT2D eigenvalue weighted by Gasteiger charge is 2.25. The molecule has 0 amide bonds. The van der Waals surface area contributed by atoms with Crippen molar-refractivity contribution in [1.29, 1.82) is 0 Å². The lowest BCUT2D eigenvalue weighted by atomic mass is 10.0. The van der Waals surface area contributed by atoms with Crippen molar-refractivity contribution in [3.05, 3.63) is 72.3 Å². The van der Waals surface area contributed by atoms with E-state index in [2.05, 4.69) is 73.2 Å². The molecule has 0 aliphatic carbocycles. The molecule has 0 spiro atoms. The number of piperidine rings is 1. The van der Waals surface area contributed by atoms with Crippen molar-refractivity contribution in [3.63, 3.8) is 0 Å². The second-order valence-corrected chi connectivity index (χ2v) is 9.35. The molecule has 0 radical (unpaired) electrons. The number of nitrogens with one attached hydrogen (secondary N) is 1. The molecule has 174 valence electrons. The van der Waals surface area contributed by atoms with Crippen LogP contribution in [0.3, 0.4) is 0 Å². The molecule has 2 aliphatic heterocycles. The number of H-pyrrole nitrogens is 1. The molecule has 1 saturated heterocycles. The minimum atomic E-state index is -0.424. The number of benzene rings is 2. The Morgan fingerprint density at radius 3 is 2.58 bits per heavy atom. The molecule has 2 aromatic carbocycles. The van der Waals surface area contributed by atoms with E-state index in [4.69, 9.17) is 0 Å². The van der Waals surface area contributed by atoms with Crippen molar-refractivity contribution in [3.8, 4) is 11.1 Å². The Hall–Kier alpha value is -2.67. The predicted molar refractivity (Wildman–Crippen MR) is 133 cm³/mol. The average molecular weight is 446 g/mol. The molecular formula is C27H35N5O. The maximum absolute atomic E-state index is 11.1. The van der Waals surface area contributed by atoms with Gasteiger partial charge in [-0.05, 0) is 61.2 Å². The van der Waals surface area contributed by atoms with Crippen molar-refractivity contribution >= 4 is 5.69 Å². The fourth-order valence-electron chi connectivity index (χ4n) is 5.16. The van der Waals surface area contributed by atoms with Gasteiger partial charge in [0.25, 0.3) is 0 Å². The van der Waals surface area contributed by atoms with Crippen molar-refractivity contribution in [2.75, 3.05) is 37.6 Å². The molecule has 3 aromatic rings. The van der Waals surface area contributed by atoms with E-state index < -0.39 is 6.23 Å². The number of imidazole rings is 1. The minimum Gasteiger partial charge on any atom is -0.378 e. The Morgan fingerprint density at radius 1 is 0.939 bits per heavy atom. The van der Waals surface area contributed by atoms with Crippen LogP contribution in [0.2, 0.25) is 0 Å². The van der Waals surface area contributed by atoms with Crippen molar-refractivity contribution in [1.82, 2.24) is 19.8 Å². The summed E-state index contributed by atoms with van der Waals surface area (Å²) in [6, 6.07) is 17.3. The van der Waals surface area contributed by atoms with Crippen LogP contribution in [0.4, 0.5) is 5.69 Å². The van der Waals surface area contributed by atoms with Gasteiger partial charge in [-0.15, -0.1) is 0 Å². The molecule has 1 aromatic heterocycles. The lowest BCUT2D eigenvalue weighted by molar-refractivity contribution is -0.0123. The molecule has 3 heterocycles. The monoisotopic (exact) mass is 445 g/mol. The van der Waals surface area contributed by atoms with Gasteiger partial charge < -0.3 is 19.9 Å². The summed E-state index contributed by atoms with van der Waals surface area (Å²) in [7, 11) is 0. The number of hydrogen-bond acceptors (Lipinski definition) is 5. The van der Waals surface area contributed by atoms with E-state index >= 15 is 0 Å². The summed E-state index contributed by atoms with van der Waals surface area (Å²) in [5.41, 5.74) is 6.06. The largest absolute Gasteiger partial charge is 0.378 e. The highest BCUT2D eigenvalue weighted by atomic mass is 16.3. The van der Waals surface area contributed by atoms with E-state index in [9.17, 15) is 5.11 Å². The van der Waals surface area contributed by atoms with Crippen LogP contribution >= 0.6 is 0 Å². The normalized spacial score (nSPS) is 18.6. The topological polar surface area (TPSA) is 58.6 Å². The molecule has 0 saturated carbocycles. The van der Waals surface area contributed by atoms with E-state index in [1.807, 2.05) is 6.20 Å². The maximum Gasteiger partial charge on any atom is 0.108 e. The number of nitrogens with zero attached hydrogens (tertiary/aromatic N) is 4. The van der Waals surface area contributed by atoms with Gasteiger partial charge in [0.2, 0.25) is 0 Å². The van der Waals surface area contributed by atoms with Crippen LogP contribution in [0, 0.1) is 0 Å². The molecule has 1 fully saturated rings. The number of hydrogen-bond donors (Lipinski definition) is 2. The number of anilines is 1. The maximum atomic E-state index is 11.1. The third-order valence-electron chi connectivity index (χ3n) is 7.05. The van der Waals surface area contributed by atoms with Gasteiger partial charge in [0, 0.05) is 38.1 Å². The lowest BCUT2D eigenvalue weighted by Gasteiger charge is -2.31. The standard InChI is InChI=1S/C27H35N5O/c33-27(11-14-30-12-5-2-6-13-30)32-16-15-31(20-25-18-28-21-29-25)26-10-9-23(17-24(26)19-32)22-7-3-1-4-8-22/h1,3-4,7-10,17-18,21,27,33H,2,5-6,11-16,19-20H2,(H,28,29). The van der Waals surface area contributed by atoms with Crippen molar-refractivity contribution in [2.45, 2.75) is 45.0 Å². The second kappa shape index (κ2) is 10.5. The lowest BCUT2D eigenvalue weighted by Crippen LogP contribution is -2.41. The number of aliphatic hydroxyl groups excluding tert-OH is 1. The fourth-order valence-corrected chi connectivity index (χ4v) is 5.16. The zero-order valence-electron chi connectivity index (χ0n) is 19.4. The third-order valence-corrected chi connectivity index (χ3v) is 7.05. The SMILES string of the molecule is OC(CCN1CCCCC1)N1CCN(Cc2cnc[nH]2)c2ccc(-c3ccccc3)cc2C1. The van der Waals surface area contributed by atoms with Gasteiger partial charge in [-0.1, -0.05) is 42.8 Å². The Kier molecular flexibility index (Phi) is 7.05. The average Bonchev–Trinajstić information content (AvgIpc) is 3.31. The van der Waals surface area contributed by atoms with E-state index in [0.29, 0.717) is 0 Å². The molecule has 1 unspecified atom stereocenters. The Morgan fingerprint density at radius 2 is 1.79 bits per heavy atom. The zero-order chi connectivity index (χ0) is 22.5. The van der Waals surface area contributed by atoms with Crippen LogP contribution in [0.5, 0.6) is 0 Å². The predicted octanol–water partition coefficient (Wildman–Crippen LogP) is 4.09. The van der Waals surface area contributed by atoms with Gasteiger partial charge >= 0.3 is 0 Å². The van der Waals surface area contributed by atoms with Gasteiger partial charge in [-0.2, -0.15) is 0 Å². The molecule has 6 nitrogen and oxygen atoms in total. The highest BCUT2D eigenvalue weighted by Crippen LogP contribution is 2.32. The van der Waals surface area contributed by atoms with E-state index in [0.717, 1.165) is 44.8 Å². The molecule has 2 N–H and O–H groups in total. The van der Waals surface area contributed by atoms with Gasteiger partial charge in [-0.25, -0.2) is 4.98 Å². The second-order valence-electron chi connectivity index (χ2n) is 9.35. The summed E-state index contributed by atoms with van der Waals surface area (Å²) in [6.07, 6.45) is 7.94. The van der Waals surface area contributed by atoms with E-state index in [1.165, 1.54) is 54.7 Å². The molecule has 33 heavy (non-hydrogen) atoms. The third kappa shape index (κ3) is 5.46. The first-order chi connectivity index (χ1) is 16.3. The van der Waals surface area contributed by atoms with E-state index in [-0.39, 0.29) is 0 Å². The minimum absolute atomic E-state index is 0.424. The summed E-state index contributed by atoms with van der Waals surface area (Å²) >= 11 is 0. The van der Waals surface area contributed by atoms with Crippen LogP contribution < -0.4 is 4.90 Å². The highest BCUT2D eigenvalue weighted by molar-refractivity contribution is 5.69. The number of aliphatic hydroxyl groups is 1. The zero-order valence-corrected chi connectivity index (χ0v) is 19.4. The van der Waals surface area contributed by atoms with Gasteiger partial charge in [-0.3, -0.25) is 4.90 Å². The van der Waals surface area contributed by atoms with Crippen LogP contribution in [0.25, 0.3) is 11.1 Å². The van der Waals surface area contributed by atoms with Crippen molar-refractivity contribution in [2.24, 2.45) is 0 Å². The molecular weight excluding hydrogens is 410 g/mol. The fraction of sp³-hybridized carbons (Fsp3) is 0.444. The summed E-state index contributed by atoms with van der Waals surface area (Å²) in [4.78, 5) is 14.6. The smallest absolute Gasteiger partial charge is 0.108 e. The Labute approximate surface area is 196 Å². The summed E-state index contributed by atoms with van der Waals surface area (Å²) in [5.74, 6) is 0. The first-order valence-corrected chi connectivity index (χ1v) is 12.3. The summed E-state index contributed by atoms with van der Waals surface area (Å²) in [6.45, 7) is 6.59. The molecule has 2 aliphatic rings. The van der Waals surface area contributed by atoms with Crippen molar-refractivity contribution < 1.29 is 5.11 Å². The van der Waals surface area contributed by atoms with Gasteiger partial charge in [0.15, 0.2) is 0 Å². The number of likely N-dealkylation sites (tertiary alicyclic amines) is 1. The van der Waals surface area contributed by atoms with Crippen LogP contribution in [0.15, 0.2) is 61.1 Å². The van der Waals surface area contributed by atoms with E-state index in [1.54, 1.807) is 6.33 Å². The molecule has 5 rings (SSSR count). The quantitative estimate of drug-likeness (QED) is 0.574. The number of fused-ring (bicyclic) bond motifs is 1. The van der Waals surface area contributed by atoms with Crippen LogP contribution in [-0.2, 0) is 13.1 Å². The van der Waals surface area contributed by atoms with Crippen LogP contribution in [-0.4, -0.2) is 63.8 Å². The number of aromatic nitrogens is 2. The molecule has 1 atom stereocenters. The first kappa shape index (κ1) is 22.1.